The molecule has 0 aliphatic rings. The third-order valence-corrected chi connectivity index (χ3v) is 3.74. The minimum Gasteiger partial charge on any atom is -0.320 e. The van der Waals surface area contributed by atoms with Crippen molar-refractivity contribution in [3.63, 3.8) is 0 Å². The van der Waals surface area contributed by atoms with Crippen molar-refractivity contribution < 1.29 is 22.4 Å². The average molecular weight is 388 g/mol. The third kappa shape index (κ3) is 6.03. The van der Waals surface area contributed by atoms with E-state index in [9.17, 15) is 22.4 Å². The number of benzene rings is 2. The summed E-state index contributed by atoms with van der Waals surface area (Å²) in [6.45, 7) is 0. The molecule has 2 aromatic carbocycles. The zero-order valence-corrected chi connectivity index (χ0v) is 15.1. The number of nitrogens with two attached hydrogens (primary N) is 1. The molecule has 2 N–H and O–H groups in total. The molecular weight excluding hydrogens is 368 g/mol. The summed E-state index contributed by atoms with van der Waals surface area (Å²) in [4.78, 5) is 13.7. The molecule has 0 fully saturated rings. The maximum atomic E-state index is 13.2. The van der Waals surface area contributed by atoms with Crippen LogP contribution in [-0.2, 0) is 17.6 Å². The molecule has 2 aromatic rings. The first-order valence-electron chi connectivity index (χ1n) is 7.61. The molecule has 0 spiro atoms. The summed E-state index contributed by atoms with van der Waals surface area (Å²) in [6, 6.07) is 8.10. The second kappa shape index (κ2) is 9.59. The predicted molar refractivity (Wildman–Crippen MR) is 98.0 cm³/mol. The van der Waals surface area contributed by atoms with Gasteiger partial charge in [0.2, 0.25) is 12.3 Å². The highest BCUT2D eigenvalue weighted by atomic mass is 32.1. The minimum absolute atomic E-state index is 0. The van der Waals surface area contributed by atoms with Crippen LogP contribution in [0, 0.1) is 11.6 Å². The van der Waals surface area contributed by atoms with Crippen LogP contribution in [-0.4, -0.2) is 25.4 Å². The summed E-state index contributed by atoms with van der Waals surface area (Å²) in [5.74, 6) is -1.93. The van der Waals surface area contributed by atoms with Crippen molar-refractivity contribution in [1.29, 1.82) is 0 Å². The molecule has 0 radical (unpaired) electrons. The van der Waals surface area contributed by atoms with Crippen LogP contribution in [0.2, 0.25) is 0 Å². The fourth-order valence-corrected chi connectivity index (χ4v) is 2.48. The lowest BCUT2D eigenvalue weighted by Crippen LogP contribution is -2.43. The lowest BCUT2D eigenvalue weighted by Gasteiger charge is -2.22. The van der Waals surface area contributed by atoms with Crippen LogP contribution in [0.3, 0.4) is 0 Å². The topological polar surface area (TPSA) is 46.3 Å². The molecule has 0 aliphatic carbocycles. The Morgan fingerprint density at radius 2 is 1.54 bits per heavy atom. The number of amides is 1. The second-order valence-corrected chi connectivity index (χ2v) is 5.75. The van der Waals surface area contributed by atoms with Gasteiger partial charge in [-0.1, -0.05) is 12.1 Å². The number of carbonyl (C=O) groups excluding carboxylic acids is 1. The van der Waals surface area contributed by atoms with Gasteiger partial charge < -0.3 is 10.6 Å². The quantitative estimate of drug-likeness (QED) is 0.771. The Morgan fingerprint density at radius 1 is 1.00 bits per heavy atom. The maximum absolute atomic E-state index is 13.2. The van der Waals surface area contributed by atoms with Gasteiger partial charge >= 0.3 is 0 Å². The van der Waals surface area contributed by atoms with Gasteiger partial charge in [0.15, 0.2) is 0 Å². The molecule has 26 heavy (non-hydrogen) atoms. The summed E-state index contributed by atoms with van der Waals surface area (Å²) >= 11 is 0. The number of carbonyl (C=O) groups is 1. The molecule has 0 unspecified atom stereocenters. The van der Waals surface area contributed by atoms with Gasteiger partial charge in [-0.15, -0.1) is 0 Å². The Kier molecular flexibility index (Phi) is 8.10. The van der Waals surface area contributed by atoms with Crippen molar-refractivity contribution in [2.45, 2.75) is 25.3 Å². The van der Waals surface area contributed by atoms with Gasteiger partial charge in [0.1, 0.15) is 11.6 Å². The smallest absolute Gasteiger partial charge is 0.243 e. The molecule has 0 bridgehead atoms. The Bertz CT molecular complexity index is 720. The minimum atomic E-state index is -2.44. The van der Waals surface area contributed by atoms with Gasteiger partial charge in [-0.3, -0.25) is 4.79 Å². The summed E-state index contributed by atoms with van der Waals surface area (Å²) in [5.41, 5.74) is 7.07. The van der Waals surface area contributed by atoms with Crippen LogP contribution in [0.1, 0.15) is 11.1 Å². The molecule has 0 aromatic heterocycles. The molecule has 142 valence electrons. The molecular formula is C18H20F4N2OS. The third-order valence-electron chi connectivity index (χ3n) is 3.74. The molecule has 1 atom stereocenters. The largest absolute Gasteiger partial charge is 0.320 e. The maximum Gasteiger partial charge on any atom is 0.243 e. The molecule has 0 saturated heterocycles. The summed E-state index contributed by atoms with van der Waals surface area (Å²) in [6.07, 6.45) is -2.82. The standard InChI is InChI=1S/C18H18F4N2O.H2S/c1-24(15-4-2-11(3-5-15)9-17(21)22)18(25)16(23)8-12-6-13(19)10-14(20)7-12;/h2-7,10,16-17H,8-9,23H2,1H3;1H2/t16-;/m0./s1. The molecule has 3 nitrogen and oxygen atoms in total. The number of hydrogen-bond acceptors (Lipinski definition) is 2. The Balaban J connectivity index is 0.00000338. The van der Waals surface area contributed by atoms with Gasteiger partial charge in [-0.2, -0.15) is 13.5 Å². The summed E-state index contributed by atoms with van der Waals surface area (Å²) in [7, 11) is 1.50. The van der Waals surface area contributed by atoms with Gasteiger partial charge in [0, 0.05) is 25.2 Å². The van der Waals surface area contributed by atoms with Crippen molar-refractivity contribution in [2.75, 3.05) is 11.9 Å². The first-order valence-corrected chi connectivity index (χ1v) is 7.61. The number of rotatable bonds is 6. The van der Waals surface area contributed by atoms with E-state index >= 15 is 0 Å². The lowest BCUT2D eigenvalue weighted by molar-refractivity contribution is -0.119. The molecule has 2 rings (SSSR count). The molecule has 0 aliphatic heterocycles. The van der Waals surface area contributed by atoms with Crippen molar-refractivity contribution in [1.82, 2.24) is 0 Å². The van der Waals surface area contributed by atoms with Crippen LogP contribution in [0.4, 0.5) is 23.2 Å². The van der Waals surface area contributed by atoms with Crippen molar-refractivity contribution in [2.24, 2.45) is 5.73 Å². The van der Waals surface area contributed by atoms with Crippen LogP contribution in [0.5, 0.6) is 0 Å². The predicted octanol–water partition coefficient (Wildman–Crippen LogP) is 3.42. The fourth-order valence-electron chi connectivity index (χ4n) is 2.48. The normalized spacial score (nSPS) is 11.8. The van der Waals surface area contributed by atoms with Gasteiger partial charge in [-0.05, 0) is 41.8 Å². The van der Waals surface area contributed by atoms with Crippen LogP contribution in [0.15, 0.2) is 42.5 Å². The zero-order valence-electron chi connectivity index (χ0n) is 14.1. The van der Waals surface area contributed by atoms with Gasteiger partial charge in [0.05, 0.1) is 6.04 Å². The Morgan fingerprint density at radius 3 is 2.04 bits per heavy atom. The average Bonchev–Trinajstić information content (AvgIpc) is 2.52. The van der Waals surface area contributed by atoms with E-state index in [1.165, 1.54) is 24.1 Å². The van der Waals surface area contributed by atoms with Crippen LogP contribution in [0.25, 0.3) is 0 Å². The monoisotopic (exact) mass is 388 g/mol. The van der Waals surface area contributed by atoms with Crippen LogP contribution >= 0.6 is 13.5 Å². The summed E-state index contributed by atoms with van der Waals surface area (Å²) in [5, 5.41) is 0. The second-order valence-electron chi connectivity index (χ2n) is 5.75. The zero-order chi connectivity index (χ0) is 18.6. The highest BCUT2D eigenvalue weighted by Gasteiger charge is 2.20. The first-order chi connectivity index (χ1) is 11.8. The van der Waals surface area contributed by atoms with E-state index in [0.717, 1.165) is 18.2 Å². The Hall–Kier alpha value is -2.06. The number of likely N-dealkylation sites (N-methyl/N-ethyl adjacent to an activating group) is 1. The molecule has 0 heterocycles. The fraction of sp³-hybridized carbons (Fsp3) is 0.278. The van der Waals surface area contributed by atoms with E-state index in [0.29, 0.717) is 11.3 Å². The molecule has 8 heteroatoms. The van der Waals surface area contributed by atoms with Gasteiger partial charge in [-0.25, -0.2) is 17.6 Å². The first kappa shape index (κ1) is 22.0. The van der Waals surface area contributed by atoms with Gasteiger partial charge in [0.25, 0.3) is 0 Å². The van der Waals surface area contributed by atoms with Crippen molar-refractivity contribution in [3.8, 4) is 0 Å². The Labute approximate surface area is 156 Å². The van der Waals surface area contributed by atoms with E-state index in [-0.39, 0.29) is 31.9 Å². The van der Waals surface area contributed by atoms with E-state index in [2.05, 4.69) is 0 Å². The SMILES string of the molecule is CN(C(=O)[C@@H](N)Cc1cc(F)cc(F)c1)c1ccc(CC(F)F)cc1.S. The number of halogens is 4. The highest BCUT2D eigenvalue weighted by molar-refractivity contribution is 7.59. The number of nitrogens with zero attached hydrogens (tertiary/aromatic N) is 1. The van der Waals surface area contributed by atoms with E-state index in [1.54, 1.807) is 12.1 Å². The lowest BCUT2D eigenvalue weighted by atomic mass is 10.0. The van der Waals surface area contributed by atoms with E-state index < -0.39 is 30.0 Å². The number of alkyl halides is 2. The van der Waals surface area contributed by atoms with Crippen molar-refractivity contribution in [3.05, 3.63) is 65.2 Å². The van der Waals surface area contributed by atoms with E-state index in [4.69, 9.17) is 5.73 Å². The van der Waals surface area contributed by atoms with Crippen molar-refractivity contribution >= 4 is 25.1 Å². The van der Waals surface area contributed by atoms with E-state index in [1.807, 2.05) is 0 Å². The number of hydrogen-bond donors (Lipinski definition) is 1. The number of anilines is 1. The highest BCUT2D eigenvalue weighted by Crippen LogP contribution is 2.17. The molecule has 1 amide bonds. The molecule has 0 saturated carbocycles. The van der Waals surface area contributed by atoms with Crippen LogP contribution < -0.4 is 10.6 Å². The summed E-state index contributed by atoms with van der Waals surface area (Å²) < 4.78 is 51.1.